The highest BCUT2D eigenvalue weighted by Gasteiger charge is 2.14. The highest BCUT2D eigenvalue weighted by atomic mass is 16.6. The first-order valence-corrected chi connectivity index (χ1v) is 9.47. The molecule has 0 radical (unpaired) electrons. The van der Waals surface area contributed by atoms with Gasteiger partial charge in [-0.05, 0) is 74.2 Å². The summed E-state index contributed by atoms with van der Waals surface area (Å²) in [5.41, 5.74) is 5.07. The monoisotopic (exact) mass is 388 g/mol. The lowest BCUT2D eigenvalue weighted by atomic mass is 10.0. The van der Waals surface area contributed by atoms with Gasteiger partial charge in [-0.25, -0.2) is 4.79 Å². The fourth-order valence-electron chi connectivity index (χ4n) is 3.10. The van der Waals surface area contributed by atoms with Crippen LogP contribution in [-0.2, 0) is 4.79 Å². The molecule has 0 heterocycles. The van der Waals surface area contributed by atoms with Crippen molar-refractivity contribution in [1.29, 1.82) is 0 Å². The third kappa shape index (κ3) is 4.91. The number of carbonyl (C=O) groups is 2. The van der Waals surface area contributed by atoms with Crippen LogP contribution in [0.3, 0.4) is 0 Å². The minimum Gasteiger partial charge on any atom is -0.482 e. The SMILES string of the molecule is Cc1cc(C)c(C)c(OCC(=O)Oc2ccc(C(=O)c3ccccc3)cc2C)c1. The Hall–Kier alpha value is -3.40. The van der Waals surface area contributed by atoms with Gasteiger partial charge in [0.15, 0.2) is 12.4 Å². The molecule has 0 unspecified atom stereocenters. The lowest BCUT2D eigenvalue weighted by Crippen LogP contribution is -2.18. The maximum Gasteiger partial charge on any atom is 0.349 e. The van der Waals surface area contributed by atoms with Gasteiger partial charge in [-0.2, -0.15) is 0 Å². The second kappa shape index (κ2) is 8.74. The Labute approximate surface area is 171 Å². The Kier molecular flexibility index (Phi) is 6.13. The number of hydrogen-bond donors (Lipinski definition) is 0. The van der Waals surface area contributed by atoms with Gasteiger partial charge in [0, 0.05) is 11.1 Å². The maximum absolute atomic E-state index is 12.6. The molecule has 0 spiro atoms. The topological polar surface area (TPSA) is 52.6 Å². The average molecular weight is 388 g/mol. The smallest absolute Gasteiger partial charge is 0.349 e. The molecular formula is C25H24O4. The normalized spacial score (nSPS) is 10.5. The van der Waals surface area contributed by atoms with Crippen molar-refractivity contribution in [1.82, 2.24) is 0 Å². The fourth-order valence-corrected chi connectivity index (χ4v) is 3.10. The first kappa shape index (κ1) is 20.3. The zero-order valence-corrected chi connectivity index (χ0v) is 17.1. The van der Waals surface area contributed by atoms with Crippen molar-refractivity contribution in [2.75, 3.05) is 6.61 Å². The van der Waals surface area contributed by atoms with Crippen LogP contribution in [0.1, 0.15) is 38.2 Å². The van der Waals surface area contributed by atoms with Gasteiger partial charge >= 0.3 is 5.97 Å². The molecule has 0 N–H and O–H groups in total. The number of ketones is 1. The van der Waals surface area contributed by atoms with Crippen molar-refractivity contribution in [2.45, 2.75) is 27.7 Å². The van der Waals surface area contributed by atoms with Gasteiger partial charge in [-0.1, -0.05) is 36.4 Å². The number of esters is 1. The van der Waals surface area contributed by atoms with Crippen LogP contribution in [0.15, 0.2) is 60.7 Å². The summed E-state index contributed by atoms with van der Waals surface area (Å²) in [4.78, 5) is 24.8. The maximum atomic E-state index is 12.6. The molecular weight excluding hydrogens is 364 g/mol. The van der Waals surface area contributed by atoms with E-state index in [1.807, 2.05) is 45.0 Å². The number of benzene rings is 3. The van der Waals surface area contributed by atoms with E-state index in [2.05, 4.69) is 6.07 Å². The van der Waals surface area contributed by atoms with Crippen molar-refractivity contribution in [2.24, 2.45) is 0 Å². The minimum atomic E-state index is -0.492. The van der Waals surface area contributed by atoms with Gasteiger partial charge in [0.2, 0.25) is 0 Å². The summed E-state index contributed by atoms with van der Waals surface area (Å²) in [6, 6.07) is 18.1. The lowest BCUT2D eigenvalue weighted by Gasteiger charge is -2.13. The standard InChI is InChI=1S/C25H24O4/c1-16-12-17(2)19(4)23(13-16)28-15-24(26)29-22-11-10-21(14-18(22)3)25(27)20-8-6-5-7-9-20/h5-14H,15H2,1-4H3. The van der Waals surface area contributed by atoms with E-state index in [9.17, 15) is 9.59 Å². The second-order valence-electron chi connectivity index (χ2n) is 7.14. The Bertz CT molecular complexity index is 1050. The van der Waals surface area contributed by atoms with Gasteiger partial charge in [-0.15, -0.1) is 0 Å². The van der Waals surface area contributed by atoms with Crippen LogP contribution in [0.25, 0.3) is 0 Å². The Morgan fingerprint density at radius 3 is 2.17 bits per heavy atom. The molecule has 4 heteroatoms. The zero-order valence-electron chi connectivity index (χ0n) is 17.1. The summed E-state index contributed by atoms with van der Waals surface area (Å²) in [7, 11) is 0. The molecule has 0 amide bonds. The van der Waals surface area contributed by atoms with E-state index in [1.54, 1.807) is 37.3 Å². The van der Waals surface area contributed by atoms with Crippen molar-refractivity contribution in [3.8, 4) is 11.5 Å². The van der Waals surface area contributed by atoms with Gasteiger partial charge < -0.3 is 9.47 Å². The van der Waals surface area contributed by atoms with Crippen LogP contribution in [0.5, 0.6) is 11.5 Å². The van der Waals surface area contributed by atoms with E-state index in [0.29, 0.717) is 28.2 Å². The van der Waals surface area contributed by atoms with E-state index in [1.165, 1.54) is 0 Å². The van der Waals surface area contributed by atoms with Gasteiger partial charge in [0.25, 0.3) is 0 Å². The summed E-state index contributed by atoms with van der Waals surface area (Å²) >= 11 is 0. The van der Waals surface area contributed by atoms with Crippen molar-refractivity contribution in [3.05, 3.63) is 94.0 Å². The molecule has 29 heavy (non-hydrogen) atoms. The molecule has 0 aliphatic heterocycles. The third-order valence-electron chi connectivity index (χ3n) is 4.81. The van der Waals surface area contributed by atoms with Crippen LogP contribution in [-0.4, -0.2) is 18.4 Å². The van der Waals surface area contributed by atoms with E-state index in [0.717, 1.165) is 16.7 Å². The second-order valence-corrected chi connectivity index (χ2v) is 7.14. The molecule has 0 fully saturated rings. The summed E-state index contributed by atoms with van der Waals surface area (Å²) < 4.78 is 11.1. The van der Waals surface area contributed by atoms with Gasteiger partial charge in [0.1, 0.15) is 11.5 Å². The molecule has 148 valence electrons. The molecule has 0 saturated carbocycles. The minimum absolute atomic E-state index is 0.0693. The molecule has 0 aliphatic rings. The zero-order chi connectivity index (χ0) is 21.0. The largest absolute Gasteiger partial charge is 0.482 e. The molecule has 0 saturated heterocycles. The Morgan fingerprint density at radius 1 is 0.759 bits per heavy atom. The first-order valence-electron chi connectivity index (χ1n) is 9.47. The summed E-state index contributed by atoms with van der Waals surface area (Å²) in [5, 5.41) is 0. The van der Waals surface area contributed by atoms with Crippen LogP contribution in [0, 0.1) is 27.7 Å². The highest BCUT2D eigenvalue weighted by Crippen LogP contribution is 2.24. The first-order chi connectivity index (χ1) is 13.8. The average Bonchev–Trinajstić information content (AvgIpc) is 2.71. The Morgan fingerprint density at radius 2 is 1.48 bits per heavy atom. The molecule has 3 aromatic carbocycles. The number of ether oxygens (including phenoxy) is 2. The molecule has 3 rings (SSSR count). The van der Waals surface area contributed by atoms with Crippen LogP contribution in [0.2, 0.25) is 0 Å². The highest BCUT2D eigenvalue weighted by molar-refractivity contribution is 6.09. The van der Waals surface area contributed by atoms with Crippen LogP contribution in [0.4, 0.5) is 0 Å². The summed E-state index contributed by atoms with van der Waals surface area (Å²) in [6.45, 7) is 7.57. The van der Waals surface area contributed by atoms with E-state index in [-0.39, 0.29) is 12.4 Å². The molecule has 0 aromatic heterocycles. The van der Waals surface area contributed by atoms with E-state index < -0.39 is 5.97 Å². The number of rotatable bonds is 6. The number of aryl methyl sites for hydroxylation is 3. The molecule has 0 aliphatic carbocycles. The molecule has 4 nitrogen and oxygen atoms in total. The third-order valence-corrected chi connectivity index (χ3v) is 4.81. The van der Waals surface area contributed by atoms with Crippen molar-refractivity contribution in [3.63, 3.8) is 0 Å². The van der Waals surface area contributed by atoms with E-state index in [4.69, 9.17) is 9.47 Å². The van der Waals surface area contributed by atoms with Crippen LogP contribution < -0.4 is 9.47 Å². The van der Waals surface area contributed by atoms with Crippen LogP contribution >= 0.6 is 0 Å². The Balaban J connectivity index is 1.66. The fraction of sp³-hybridized carbons (Fsp3) is 0.200. The predicted molar refractivity (Wildman–Crippen MR) is 113 cm³/mol. The van der Waals surface area contributed by atoms with Gasteiger partial charge in [0.05, 0.1) is 0 Å². The molecule has 3 aromatic rings. The lowest BCUT2D eigenvalue weighted by molar-refractivity contribution is -0.136. The van der Waals surface area contributed by atoms with E-state index >= 15 is 0 Å². The quantitative estimate of drug-likeness (QED) is 0.333. The summed E-state index contributed by atoms with van der Waals surface area (Å²) in [6.07, 6.45) is 0. The number of carbonyl (C=O) groups excluding carboxylic acids is 2. The molecule has 0 atom stereocenters. The van der Waals surface area contributed by atoms with Gasteiger partial charge in [-0.3, -0.25) is 4.79 Å². The number of hydrogen-bond acceptors (Lipinski definition) is 4. The molecule has 0 bridgehead atoms. The van der Waals surface area contributed by atoms with Crippen molar-refractivity contribution < 1.29 is 19.1 Å². The predicted octanol–water partition coefficient (Wildman–Crippen LogP) is 5.14. The van der Waals surface area contributed by atoms with Crippen molar-refractivity contribution >= 4 is 11.8 Å². The summed E-state index contributed by atoms with van der Waals surface area (Å²) in [5.74, 6) is 0.536.